The highest BCUT2D eigenvalue weighted by Crippen LogP contribution is 2.27. The molecule has 1 amide bonds. The normalized spacial score (nSPS) is 11.7. The fourth-order valence-electron chi connectivity index (χ4n) is 2.67. The Labute approximate surface area is 178 Å². The Morgan fingerprint density at radius 3 is 2.87 bits per heavy atom. The van der Waals surface area contributed by atoms with Crippen LogP contribution >= 0.6 is 11.8 Å². The molecule has 0 aliphatic rings. The van der Waals surface area contributed by atoms with E-state index in [1.54, 1.807) is 32.2 Å². The molecule has 0 aliphatic heterocycles. The van der Waals surface area contributed by atoms with Gasteiger partial charge in [0.1, 0.15) is 17.3 Å². The van der Waals surface area contributed by atoms with Crippen molar-refractivity contribution in [2.45, 2.75) is 31.7 Å². The Bertz CT molecular complexity index is 1020. The van der Waals surface area contributed by atoms with Crippen molar-refractivity contribution in [3.63, 3.8) is 0 Å². The van der Waals surface area contributed by atoms with E-state index in [1.165, 1.54) is 11.8 Å². The molecule has 1 unspecified atom stereocenters. The second-order valence-corrected chi connectivity index (χ2v) is 7.28. The van der Waals surface area contributed by atoms with Crippen LogP contribution in [0.25, 0.3) is 0 Å². The maximum absolute atomic E-state index is 12.2. The standard InChI is InChI=1S/C20H23N5O4S/c1-5-9-25-19(14(3)28-16-8-6-7-15(11-16)27-4)22-23-20(25)30-12-18(26)21-17-10-13(2)29-24-17/h5-8,10-11,14H,1,9,12H2,2-4H3,(H,21,24,26). The van der Waals surface area contributed by atoms with Crippen molar-refractivity contribution in [3.8, 4) is 11.5 Å². The lowest BCUT2D eigenvalue weighted by Gasteiger charge is -2.16. The first-order valence-electron chi connectivity index (χ1n) is 9.20. The zero-order valence-electron chi connectivity index (χ0n) is 17.0. The van der Waals surface area contributed by atoms with Crippen LogP contribution in [0.2, 0.25) is 0 Å². The zero-order valence-corrected chi connectivity index (χ0v) is 17.8. The SMILES string of the molecule is C=CCn1c(SCC(=O)Nc2cc(C)on2)nnc1C(C)Oc1cccc(OC)c1. The molecule has 9 nitrogen and oxygen atoms in total. The van der Waals surface area contributed by atoms with Crippen LogP contribution in [-0.2, 0) is 11.3 Å². The van der Waals surface area contributed by atoms with Crippen molar-refractivity contribution in [1.29, 1.82) is 0 Å². The molecular formula is C20H23N5O4S. The average Bonchev–Trinajstić information content (AvgIpc) is 3.32. The summed E-state index contributed by atoms with van der Waals surface area (Å²) in [4.78, 5) is 12.2. The van der Waals surface area contributed by atoms with Crippen molar-refractivity contribution < 1.29 is 18.8 Å². The highest BCUT2D eigenvalue weighted by atomic mass is 32.2. The van der Waals surface area contributed by atoms with Crippen LogP contribution in [0.1, 0.15) is 24.6 Å². The second kappa shape index (κ2) is 9.97. The Hall–Kier alpha value is -3.27. The molecule has 2 heterocycles. The number of benzene rings is 1. The van der Waals surface area contributed by atoms with E-state index >= 15 is 0 Å². The molecule has 0 radical (unpaired) electrons. The van der Waals surface area contributed by atoms with E-state index in [9.17, 15) is 4.79 Å². The van der Waals surface area contributed by atoms with Gasteiger partial charge in [-0.3, -0.25) is 9.36 Å². The number of ether oxygens (including phenoxy) is 2. The molecule has 0 saturated carbocycles. The number of allylic oxidation sites excluding steroid dienone is 1. The first kappa shape index (κ1) is 21.4. The fourth-order valence-corrected chi connectivity index (χ4v) is 3.43. The summed E-state index contributed by atoms with van der Waals surface area (Å²) in [7, 11) is 1.60. The second-order valence-electron chi connectivity index (χ2n) is 6.34. The van der Waals surface area contributed by atoms with E-state index in [0.29, 0.717) is 40.6 Å². The van der Waals surface area contributed by atoms with Crippen molar-refractivity contribution >= 4 is 23.5 Å². The van der Waals surface area contributed by atoms with Gasteiger partial charge >= 0.3 is 0 Å². The minimum atomic E-state index is -0.370. The third-order valence-electron chi connectivity index (χ3n) is 4.00. The van der Waals surface area contributed by atoms with E-state index in [-0.39, 0.29) is 17.8 Å². The van der Waals surface area contributed by atoms with Gasteiger partial charge in [-0.2, -0.15) is 0 Å². The summed E-state index contributed by atoms with van der Waals surface area (Å²) in [5, 5.41) is 15.5. The molecular weight excluding hydrogens is 406 g/mol. The molecule has 2 aromatic heterocycles. The Balaban J connectivity index is 1.67. The Morgan fingerprint density at radius 1 is 1.37 bits per heavy atom. The molecule has 0 saturated heterocycles. The number of nitrogens with one attached hydrogen (secondary N) is 1. The van der Waals surface area contributed by atoms with Crippen molar-refractivity contribution in [2.75, 3.05) is 18.2 Å². The number of anilines is 1. The maximum Gasteiger partial charge on any atom is 0.236 e. The summed E-state index contributed by atoms with van der Waals surface area (Å²) in [5.41, 5.74) is 0. The third-order valence-corrected chi connectivity index (χ3v) is 4.97. The minimum absolute atomic E-state index is 0.145. The van der Waals surface area contributed by atoms with Gasteiger partial charge in [0.2, 0.25) is 5.91 Å². The highest BCUT2D eigenvalue weighted by Gasteiger charge is 2.20. The van der Waals surface area contributed by atoms with Crippen LogP contribution in [-0.4, -0.2) is 38.7 Å². The molecule has 3 rings (SSSR count). The van der Waals surface area contributed by atoms with Crippen LogP contribution in [0, 0.1) is 6.92 Å². The van der Waals surface area contributed by atoms with Gasteiger partial charge < -0.3 is 19.3 Å². The molecule has 1 N–H and O–H groups in total. The first-order valence-corrected chi connectivity index (χ1v) is 10.2. The molecule has 0 fully saturated rings. The monoisotopic (exact) mass is 429 g/mol. The van der Waals surface area contributed by atoms with Crippen molar-refractivity contribution in [3.05, 3.63) is 54.6 Å². The maximum atomic E-state index is 12.2. The number of carbonyl (C=O) groups excluding carboxylic acids is 1. The quantitative estimate of drug-likeness (QED) is 0.385. The van der Waals surface area contributed by atoms with Gasteiger partial charge in [-0.15, -0.1) is 16.8 Å². The molecule has 3 aromatic rings. The van der Waals surface area contributed by atoms with Crippen LogP contribution in [0.5, 0.6) is 11.5 Å². The molecule has 1 atom stereocenters. The van der Waals surface area contributed by atoms with E-state index in [1.807, 2.05) is 29.7 Å². The van der Waals surface area contributed by atoms with Gasteiger partial charge in [-0.1, -0.05) is 29.1 Å². The number of thioether (sulfide) groups is 1. The van der Waals surface area contributed by atoms with Crippen molar-refractivity contribution in [2.24, 2.45) is 0 Å². The molecule has 0 spiro atoms. The largest absolute Gasteiger partial charge is 0.497 e. The first-order chi connectivity index (χ1) is 14.5. The van der Waals surface area contributed by atoms with E-state index in [0.717, 1.165) is 0 Å². The number of carbonyl (C=O) groups is 1. The van der Waals surface area contributed by atoms with E-state index in [4.69, 9.17) is 14.0 Å². The summed E-state index contributed by atoms with van der Waals surface area (Å²) in [5.74, 6) is 2.93. The molecule has 30 heavy (non-hydrogen) atoms. The van der Waals surface area contributed by atoms with Crippen LogP contribution in [0.15, 0.2) is 52.7 Å². The summed E-state index contributed by atoms with van der Waals surface area (Å²) in [6.45, 7) is 7.92. The highest BCUT2D eigenvalue weighted by molar-refractivity contribution is 7.99. The van der Waals surface area contributed by atoms with Gasteiger partial charge in [0.25, 0.3) is 0 Å². The average molecular weight is 430 g/mol. The Morgan fingerprint density at radius 2 is 2.17 bits per heavy atom. The molecule has 0 aliphatic carbocycles. The summed E-state index contributed by atoms with van der Waals surface area (Å²) < 4.78 is 18.0. The summed E-state index contributed by atoms with van der Waals surface area (Å²) in [6, 6.07) is 9.00. The molecule has 158 valence electrons. The smallest absolute Gasteiger partial charge is 0.236 e. The van der Waals surface area contributed by atoms with Crippen LogP contribution in [0.4, 0.5) is 5.82 Å². The number of aromatic nitrogens is 4. The molecule has 10 heteroatoms. The number of aryl methyl sites for hydroxylation is 1. The fraction of sp³-hybridized carbons (Fsp3) is 0.300. The number of methoxy groups -OCH3 is 1. The van der Waals surface area contributed by atoms with Crippen LogP contribution < -0.4 is 14.8 Å². The van der Waals surface area contributed by atoms with E-state index in [2.05, 4.69) is 27.2 Å². The molecule has 0 bridgehead atoms. The Kier molecular flexibility index (Phi) is 7.12. The summed E-state index contributed by atoms with van der Waals surface area (Å²) in [6.07, 6.45) is 1.37. The number of amides is 1. The van der Waals surface area contributed by atoms with Gasteiger partial charge in [0.05, 0.1) is 12.9 Å². The number of nitrogens with zero attached hydrogens (tertiary/aromatic N) is 4. The molecule has 1 aromatic carbocycles. The summed E-state index contributed by atoms with van der Waals surface area (Å²) >= 11 is 1.27. The lowest BCUT2D eigenvalue weighted by Crippen LogP contribution is -2.15. The lowest BCUT2D eigenvalue weighted by atomic mass is 10.3. The van der Waals surface area contributed by atoms with Crippen molar-refractivity contribution in [1.82, 2.24) is 19.9 Å². The third kappa shape index (κ3) is 5.41. The lowest BCUT2D eigenvalue weighted by molar-refractivity contribution is -0.113. The predicted octanol–water partition coefficient (Wildman–Crippen LogP) is 3.64. The van der Waals surface area contributed by atoms with E-state index < -0.39 is 0 Å². The van der Waals surface area contributed by atoms with Gasteiger partial charge in [-0.05, 0) is 26.0 Å². The number of hydrogen-bond donors (Lipinski definition) is 1. The predicted molar refractivity (Wildman–Crippen MR) is 113 cm³/mol. The van der Waals surface area contributed by atoms with Gasteiger partial charge in [0.15, 0.2) is 22.9 Å². The van der Waals surface area contributed by atoms with Crippen LogP contribution in [0.3, 0.4) is 0 Å². The zero-order chi connectivity index (χ0) is 21.5. The number of rotatable bonds is 10. The van der Waals surface area contributed by atoms with Gasteiger partial charge in [0, 0.05) is 18.7 Å². The minimum Gasteiger partial charge on any atom is -0.497 e. The van der Waals surface area contributed by atoms with Gasteiger partial charge in [-0.25, -0.2) is 0 Å². The topological polar surface area (TPSA) is 104 Å². The number of hydrogen-bond acceptors (Lipinski definition) is 8.